The second-order valence-corrected chi connectivity index (χ2v) is 5.31. The highest BCUT2D eigenvalue weighted by molar-refractivity contribution is 4.82. The van der Waals surface area contributed by atoms with Crippen molar-refractivity contribution in [2.75, 3.05) is 19.6 Å². The van der Waals surface area contributed by atoms with E-state index in [2.05, 4.69) is 37.9 Å². The molecule has 0 aliphatic carbocycles. The molecule has 2 heteroatoms. The number of hydrogen-bond acceptors (Lipinski definition) is 2. The average Bonchev–Trinajstić information content (AvgIpc) is 2.32. The summed E-state index contributed by atoms with van der Waals surface area (Å²) in [7, 11) is 0. The van der Waals surface area contributed by atoms with Crippen molar-refractivity contribution in [3.05, 3.63) is 0 Å². The van der Waals surface area contributed by atoms with Gasteiger partial charge in [0.25, 0.3) is 0 Å². The molecule has 1 aliphatic heterocycles. The van der Waals surface area contributed by atoms with E-state index in [1.165, 1.54) is 45.3 Å². The summed E-state index contributed by atoms with van der Waals surface area (Å²) in [5.41, 5.74) is 0. The van der Waals surface area contributed by atoms with Gasteiger partial charge in [-0.05, 0) is 32.2 Å². The molecule has 16 heavy (non-hydrogen) atoms. The van der Waals surface area contributed by atoms with Gasteiger partial charge < -0.3 is 5.32 Å². The molecule has 1 saturated heterocycles. The van der Waals surface area contributed by atoms with Gasteiger partial charge in [0.2, 0.25) is 0 Å². The van der Waals surface area contributed by atoms with Gasteiger partial charge in [0.1, 0.15) is 0 Å². The molecule has 0 spiro atoms. The molecular formula is C14H30N2. The number of likely N-dealkylation sites (N-methyl/N-ethyl adjacent to an activating group) is 1. The molecule has 1 aliphatic rings. The van der Waals surface area contributed by atoms with Gasteiger partial charge in [0.05, 0.1) is 0 Å². The summed E-state index contributed by atoms with van der Waals surface area (Å²) in [5, 5.41) is 3.61. The fraction of sp³-hybridized carbons (Fsp3) is 1.00. The van der Waals surface area contributed by atoms with Crippen molar-refractivity contribution in [1.29, 1.82) is 0 Å². The lowest BCUT2D eigenvalue weighted by Gasteiger charge is -2.37. The van der Waals surface area contributed by atoms with Crippen LogP contribution in [-0.2, 0) is 0 Å². The second kappa shape index (κ2) is 7.29. The Morgan fingerprint density at radius 1 is 1.19 bits per heavy atom. The molecule has 1 N–H and O–H groups in total. The SMILES string of the molecule is CCC(CC)CN(CC)C1CCC(C)NC1. The molecule has 0 amide bonds. The molecule has 2 unspecified atom stereocenters. The molecule has 0 saturated carbocycles. The maximum absolute atomic E-state index is 3.61. The summed E-state index contributed by atoms with van der Waals surface area (Å²) >= 11 is 0. The summed E-state index contributed by atoms with van der Waals surface area (Å²) in [6, 6.07) is 1.50. The Balaban J connectivity index is 2.40. The van der Waals surface area contributed by atoms with E-state index in [9.17, 15) is 0 Å². The molecular weight excluding hydrogens is 196 g/mol. The van der Waals surface area contributed by atoms with Gasteiger partial charge in [-0.25, -0.2) is 0 Å². The van der Waals surface area contributed by atoms with E-state index >= 15 is 0 Å². The largest absolute Gasteiger partial charge is 0.313 e. The van der Waals surface area contributed by atoms with Gasteiger partial charge in [-0.15, -0.1) is 0 Å². The van der Waals surface area contributed by atoms with Crippen molar-refractivity contribution in [2.45, 2.75) is 65.5 Å². The molecule has 1 fully saturated rings. The summed E-state index contributed by atoms with van der Waals surface area (Å²) in [4.78, 5) is 2.69. The van der Waals surface area contributed by atoms with Crippen molar-refractivity contribution in [3.8, 4) is 0 Å². The van der Waals surface area contributed by atoms with Gasteiger partial charge in [0, 0.05) is 25.2 Å². The minimum Gasteiger partial charge on any atom is -0.313 e. The van der Waals surface area contributed by atoms with Crippen LogP contribution in [0.4, 0.5) is 0 Å². The van der Waals surface area contributed by atoms with Gasteiger partial charge in [-0.1, -0.05) is 33.6 Å². The molecule has 0 aromatic rings. The topological polar surface area (TPSA) is 15.3 Å². The first-order valence-corrected chi connectivity index (χ1v) is 7.18. The predicted molar refractivity (Wildman–Crippen MR) is 71.8 cm³/mol. The Labute approximate surface area is 102 Å². The van der Waals surface area contributed by atoms with Crippen molar-refractivity contribution < 1.29 is 0 Å². The lowest BCUT2D eigenvalue weighted by Crippen LogP contribution is -2.50. The van der Waals surface area contributed by atoms with E-state index in [1.807, 2.05) is 0 Å². The van der Waals surface area contributed by atoms with E-state index in [0.717, 1.165) is 18.0 Å². The molecule has 96 valence electrons. The van der Waals surface area contributed by atoms with Crippen LogP contribution >= 0.6 is 0 Å². The van der Waals surface area contributed by atoms with Crippen LogP contribution < -0.4 is 5.32 Å². The highest BCUT2D eigenvalue weighted by Crippen LogP contribution is 2.17. The standard InChI is InChI=1S/C14H30N2/c1-5-13(6-2)11-16(7-3)14-9-8-12(4)15-10-14/h12-15H,5-11H2,1-4H3. The fourth-order valence-electron chi connectivity index (χ4n) is 2.71. The third-order valence-corrected chi connectivity index (χ3v) is 4.20. The van der Waals surface area contributed by atoms with Crippen molar-refractivity contribution in [2.24, 2.45) is 5.92 Å². The van der Waals surface area contributed by atoms with E-state index < -0.39 is 0 Å². The van der Waals surface area contributed by atoms with Crippen LogP contribution in [0.25, 0.3) is 0 Å². The van der Waals surface area contributed by atoms with E-state index in [-0.39, 0.29) is 0 Å². The highest BCUT2D eigenvalue weighted by atomic mass is 15.2. The third-order valence-electron chi connectivity index (χ3n) is 4.20. The third kappa shape index (κ3) is 4.06. The van der Waals surface area contributed by atoms with Crippen molar-refractivity contribution in [3.63, 3.8) is 0 Å². The average molecular weight is 226 g/mol. The molecule has 0 aromatic carbocycles. The Hall–Kier alpha value is -0.0800. The Morgan fingerprint density at radius 3 is 2.31 bits per heavy atom. The number of rotatable bonds is 6. The molecule has 0 aromatic heterocycles. The molecule has 1 heterocycles. The fourth-order valence-corrected chi connectivity index (χ4v) is 2.71. The van der Waals surface area contributed by atoms with Crippen LogP contribution in [0.15, 0.2) is 0 Å². The zero-order valence-corrected chi connectivity index (χ0v) is 11.6. The van der Waals surface area contributed by atoms with Gasteiger partial charge in [-0.3, -0.25) is 4.90 Å². The number of nitrogens with zero attached hydrogens (tertiary/aromatic N) is 1. The first-order chi connectivity index (χ1) is 7.71. The lowest BCUT2D eigenvalue weighted by molar-refractivity contribution is 0.136. The molecule has 0 bridgehead atoms. The van der Waals surface area contributed by atoms with Crippen LogP contribution in [0.2, 0.25) is 0 Å². The number of nitrogens with one attached hydrogen (secondary N) is 1. The highest BCUT2D eigenvalue weighted by Gasteiger charge is 2.23. The first-order valence-electron chi connectivity index (χ1n) is 7.18. The Bertz CT molecular complexity index is 170. The van der Waals surface area contributed by atoms with Crippen molar-refractivity contribution >= 4 is 0 Å². The Morgan fingerprint density at radius 2 is 1.88 bits per heavy atom. The van der Waals surface area contributed by atoms with E-state index in [1.54, 1.807) is 0 Å². The van der Waals surface area contributed by atoms with Gasteiger partial charge in [0.15, 0.2) is 0 Å². The maximum atomic E-state index is 3.61. The zero-order valence-electron chi connectivity index (χ0n) is 11.6. The second-order valence-electron chi connectivity index (χ2n) is 5.31. The Kier molecular flexibility index (Phi) is 6.37. The normalized spacial score (nSPS) is 26.6. The molecule has 2 nitrogen and oxygen atoms in total. The number of hydrogen-bond donors (Lipinski definition) is 1. The lowest BCUT2D eigenvalue weighted by atomic mass is 9.97. The molecule has 1 rings (SSSR count). The minimum atomic E-state index is 0.725. The van der Waals surface area contributed by atoms with E-state index in [0.29, 0.717) is 0 Å². The van der Waals surface area contributed by atoms with Crippen LogP contribution in [0.3, 0.4) is 0 Å². The summed E-state index contributed by atoms with van der Waals surface area (Å²) in [6.45, 7) is 12.9. The molecule has 0 radical (unpaired) electrons. The van der Waals surface area contributed by atoms with Gasteiger partial charge in [-0.2, -0.15) is 0 Å². The van der Waals surface area contributed by atoms with E-state index in [4.69, 9.17) is 0 Å². The number of piperidine rings is 1. The monoisotopic (exact) mass is 226 g/mol. The first kappa shape index (κ1) is 14.0. The minimum absolute atomic E-state index is 0.725. The van der Waals surface area contributed by atoms with Gasteiger partial charge >= 0.3 is 0 Å². The van der Waals surface area contributed by atoms with Crippen LogP contribution in [-0.4, -0.2) is 36.6 Å². The zero-order chi connectivity index (χ0) is 12.0. The van der Waals surface area contributed by atoms with Crippen molar-refractivity contribution in [1.82, 2.24) is 10.2 Å². The summed E-state index contributed by atoms with van der Waals surface area (Å²) in [5.74, 6) is 0.888. The van der Waals surface area contributed by atoms with Crippen LogP contribution in [0.1, 0.15) is 53.4 Å². The molecule has 2 atom stereocenters. The quantitative estimate of drug-likeness (QED) is 0.749. The smallest absolute Gasteiger partial charge is 0.0221 e. The summed E-state index contributed by atoms with van der Waals surface area (Å²) < 4.78 is 0. The summed E-state index contributed by atoms with van der Waals surface area (Å²) in [6.07, 6.45) is 5.36. The predicted octanol–water partition coefficient (Wildman–Crippen LogP) is 2.89. The van der Waals surface area contributed by atoms with Crippen LogP contribution in [0.5, 0.6) is 0 Å². The van der Waals surface area contributed by atoms with Crippen LogP contribution in [0, 0.1) is 5.92 Å². The maximum Gasteiger partial charge on any atom is 0.0221 e.